The summed E-state index contributed by atoms with van der Waals surface area (Å²) in [6, 6.07) is 0. The maximum Gasteiger partial charge on any atom is 0.365 e. The van der Waals surface area contributed by atoms with E-state index < -0.39 is 27.7 Å². The molecular weight excluding hydrogens is 204 g/mol. The van der Waals surface area contributed by atoms with E-state index in [-0.39, 0.29) is 5.76 Å². The van der Waals surface area contributed by atoms with Gasteiger partial charge in [-0.3, -0.25) is 10.1 Å². The summed E-state index contributed by atoms with van der Waals surface area (Å²) in [4.78, 5) is 20.5. The van der Waals surface area contributed by atoms with Crippen LogP contribution in [0.3, 0.4) is 0 Å². The maximum atomic E-state index is 10.7. The molecule has 15 heavy (non-hydrogen) atoms. The van der Waals surface area contributed by atoms with Crippen molar-refractivity contribution in [1.29, 1.82) is 0 Å². The lowest BCUT2D eigenvalue weighted by Crippen LogP contribution is -2.13. The highest BCUT2D eigenvalue weighted by Crippen LogP contribution is 2.33. The van der Waals surface area contributed by atoms with Crippen molar-refractivity contribution in [1.82, 2.24) is 5.16 Å². The number of carbonyl (C=O) groups is 1. The number of nitrogens with zero attached hydrogens (tertiary/aromatic N) is 2. The molecule has 0 aliphatic carbocycles. The minimum absolute atomic E-state index is 0.0371. The molecule has 7 heteroatoms. The zero-order chi connectivity index (χ0) is 11.8. The van der Waals surface area contributed by atoms with Crippen LogP contribution in [0.2, 0.25) is 0 Å². The molecule has 1 heterocycles. The fraction of sp³-hybridized carbons (Fsp3) is 0.500. The van der Waals surface area contributed by atoms with Crippen LogP contribution >= 0.6 is 0 Å². The van der Waals surface area contributed by atoms with E-state index in [2.05, 4.69) is 5.16 Å². The fourth-order valence-corrected chi connectivity index (χ4v) is 1.09. The normalized spacial score (nSPS) is 11.4. The molecule has 0 spiro atoms. The van der Waals surface area contributed by atoms with Gasteiger partial charge in [-0.15, -0.1) is 0 Å². The van der Waals surface area contributed by atoms with Gasteiger partial charge in [0.2, 0.25) is 5.76 Å². The van der Waals surface area contributed by atoms with Crippen LogP contribution in [0.4, 0.5) is 5.69 Å². The molecule has 0 amide bonds. The SMILES string of the molecule is CC(C)(C)c1onc(C(=O)O)c1[N+](=O)[O-]. The fourth-order valence-electron chi connectivity index (χ4n) is 1.09. The molecule has 1 rings (SSSR count). The minimum atomic E-state index is -1.47. The van der Waals surface area contributed by atoms with Crippen molar-refractivity contribution in [2.24, 2.45) is 0 Å². The number of carboxylic acids is 1. The standard InChI is InChI=1S/C8H10N2O5/c1-8(2,3)6-5(10(13)14)4(7(11)12)9-15-6/h1-3H3,(H,11,12). The van der Waals surface area contributed by atoms with E-state index in [0.717, 1.165) is 0 Å². The van der Waals surface area contributed by atoms with E-state index in [4.69, 9.17) is 9.63 Å². The maximum absolute atomic E-state index is 10.7. The molecule has 1 aromatic heterocycles. The molecule has 0 atom stereocenters. The van der Waals surface area contributed by atoms with Crippen molar-refractivity contribution in [3.05, 3.63) is 21.6 Å². The Bertz CT molecular complexity index is 415. The molecule has 0 saturated carbocycles. The summed E-state index contributed by atoms with van der Waals surface area (Å²) in [7, 11) is 0. The number of carboxylic acid groups (broad SMARTS) is 1. The van der Waals surface area contributed by atoms with Crippen molar-refractivity contribution in [3.8, 4) is 0 Å². The van der Waals surface area contributed by atoms with Crippen molar-refractivity contribution < 1.29 is 19.3 Å². The van der Waals surface area contributed by atoms with Crippen LogP contribution in [0.1, 0.15) is 37.0 Å². The second kappa shape index (κ2) is 3.34. The van der Waals surface area contributed by atoms with Gasteiger partial charge in [-0.2, -0.15) is 0 Å². The highest BCUT2D eigenvalue weighted by atomic mass is 16.6. The van der Waals surface area contributed by atoms with Crippen LogP contribution < -0.4 is 0 Å². The monoisotopic (exact) mass is 214 g/mol. The quantitative estimate of drug-likeness (QED) is 0.591. The van der Waals surface area contributed by atoms with Gasteiger partial charge in [0.15, 0.2) is 0 Å². The first-order chi connectivity index (χ1) is 6.75. The molecule has 0 aliphatic rings. The Balaban J connectivity index is 3.44. The first-order valence-corrected chi connectivity index (χ1v) is 4.13. The van der Waals surface area contributed by atoms with E-state index in [1.54, 1.807) is 20.8 Å². The molecule has 0 bridgehead atoms. The Morgan fingerprint density at radius 2 is 2.07 bits per heavy atom. The average molecular weight is 214 g/mol. The number of hydrogen-bond donors (Lipinski definition) is 1. The molecular formula is C8H10N2O5. The Kier molecular flexibility index (Phi) is 2.48. The van der Waals surface area contributed by atoms with E-state index in [9.17, 15) is 14.9 Å². The third-order valence-corrected chi connectivity index (χ3v) is 1.73. The Morgan fingerprint density at radius 1 is 1.53 bits per heavy atom. The molecule has 0 radical (unpaired) electrons. The minimum Gasteiger partial charge on any atom is -0.476 e. The lowest BCUT2D eigenvalue weighted by molar-refractivity contribution is -0.386. The van der Waals surface area contributed by atoms with Gasteiger partial charge in [0, 0.05) is 5.41 Å². The Hall–Kier alpha value is -1.92. The lowest BCUT2D eigenvalue weighted by atomic mass is 9.92. The van der Waals surface area contributed by atoms with Gasteiger partial charge in [0.1, 0.15) is 0 Å². The van der Waals surface area contributed by atoms with Crippen LogP contribution in [-0.2, 0) is 5.41 Å². The average Bonchev–Trinajstić information content (AvgIpc) is 2.45. The predicted molar refractivity (Wildman–Crippen MR) is 48.8 cm³/mol. The van der Waals surface area contributed by atoms with E-state index in [1.165, 1.54) is 0 Å². The summed E-state index contributed by atoms with van der Waals surface area (Å²) in [5.74, 6) is -1.51. The summed E-state index contributed by atoms with van der Waals surface area (Å²) >= 11 is 0. The molecule has 0 aliphatic heterocycles. The largest absolute Gasteiger partial charge is 0.476 e. The van der Waals surface area contributed by atoms with Crippen LogP contribution in [0.25, 0.3) is 0 Å². The van der Waals surface area contributed by atoms with Crippen molar-refractivity contribution in [2.75, 3.05) is 0 Å². The van der Waals surface area contributed by atoms with Crippen LogP contribution in [0.5, 0.6) is 0 Å². The van der Waals surface area contributed by atoms with Crippen LogP contribution in [0.15, 0.2) is 4.52 Å². The van der Waals surface area contributed by atoms with Gasteiger partial charge in [-0.1, -0.05) is 25.9 Å². The van der Waals surface area contributed by atoms with Gasteiger partial charge < -0.3 is 9.63 Å². The second-order valence-electron chi connectivity index (χ2n) is 4.02. The summed E-state index contributed by atoms with van der Waals surface area (Å²) in [6.45, 7) is 5.02. The smallest absolute Gasteiger partial charge is 0.365 e. The van der Waals surface area contributed by atoms with E-state index in [1.807, 2.05) is 0 Å². The molecule has 0 saturated heterocycles. The molecule has 7 nitrogen and oxygen atoms in total. The van der Waals surface area contributed by atoms with Gasteiger partial charge >= 0.3 is 11.7 Å². The molecule has 0 unspecified atom stereocenters. The summed E-state index contributed by atoms with van der Waals surface area (Å²) in [6.07, 6.45) is 0. The first kappa shape index (κ1) is 11.2. The number of hydrogen-bond acceptors (Lipinski definition) is 5. The van der Waals surface area contributed by atoms with Gasteiger partial charge in [-0.05, 0) is 0 Å². The molecule has 0 fully saturated rings. The summed E-state index contributed by atoms with van der Waals surface area (Å²) in [5, 5.41) is 22.6. The van der Waals surface area contributed by atoms with Crippen molar-refractivity contribution >= 4 is 11.7 Å². The summed E-state index contributed by atoms with van der Waals surface area (Å²) in [5.41, 5.74) is -1.90. The third kappa shape index (κ3) is 1.95. The van der Waals surface area contributed by atoms with Gasteiger partial charge in [-0.25, -0.2) is 4.79 Å². The Labute approximate surface area is 84.8 Å². The number of aromatic carboxylic acids is 1. The Morgan fingerprint density at radius 3 is 2.40 bits per heavy atom. The molecule has 1 N–H and O–H groups in total. The second-order valence-corrected chi connectivity index (χ2v) is 4.02. The van der Waals surface area contributed by atoms with Gasteiger partial charge in [0.05, 0.1) is 4.92 Å². The van der Waals surface area contributed by atoms with Crippen LogP contribution in [0, 0.1) is 10.1 Å². The zero-order valence-electron chi connectivity index (χ0n) is 8.47. The topological polar surface area (TPSA) is 106 Å². The van der Waals surface area contributed by atoms with E-state index >= 15 is 0 Å². The molecule has 0 aromatic carbocycles. The number of nitro groups is 1. The first-order valence-electron chi connectivity index (χ1n) is 4.13. The van der Waals surface area contributed by atoms with Crippen molar-refractivity contribution in [2.45, 2.75) is 26.2 Å². The highest BCUT2D eigenvalue weighted by molar-refractivity contribution is 5.90. The number of aromatic nitrogens is 1. The number of rotatable bonds is 2. The zero-order valence-corrected chi connectivity index (χ0v) is 8.47. The summed E-state index contributed by atoms with van der Waals surface area (Å²) < 4.78 is 4.71. The predicted octanol–water partition coefficient (Wildman–Crippen LogP) is 1.58. The third-order valence-electron chi connectivity index (χ3n) is 1.73. The van der Waals surface area contributed by atoms with Crippen LogP contribution in [-0.4, -0.2) is 21.2 Å². The highest BCUT2D eigenvalue weighted by Gasteiger charge is 2.37. The van der Waals surface area contributed by atoms with Crippen molar-refractivity contribution in [3.63, 3.8) is 0 Å². The van der Waals surface area contributed by atoms with E-state index in [0.29, 0.717) is 0 Å². The lowest BCUT2D eigenvalue weighted by Gasteiger charge is -2.11. The molecule has 82 valence electrons. The van der Waals surface area contributed by atoms with Gasteiger partial charge in [0.25, 0.3) is 5.69 Å². The molecule has 1 aromatic rings.